The minimum Gasteiger partial charge on any atom is -0.477 e. The molecule has 0 aliphatic heterocycles. The fraction of sp³-hybridized carbons (Fsp3) is 0.235. The van der Waals surface area contributed by atoms with Crippen LogP contribution in [0, 0.1) is 0 Å². The van der Waals surface area contributed by atoms with Crippen LogP contribution in [-0.2, 0) is 15.7 Å². The predicted octanol–water partition coefficient (Wildman–Crippen LogP) is 5.74. The molecule has 0 saturated heterocycles. The minimum absolute atomic E-state index is 0.0346. The van der Waals surface area contributed by atoms with Gasteiger partial charge in [0.05, 0.1) is 22.7 Å². The number of hydrogen-bond acceptors (Lipinski definition) is 4. The summed E-state index contributed by atoms with van der Waals surface area (Å²) in [6, 6.07) is 7.05. The molecule has 0 heterocycles. The molecule has 0 aliphatic carbocycles. The second-order valence-corrected chi connectivity index (χ2v) is 5.93. The number of hydrogen-bond donors (Lipinski definition) is 0. The van der Waals surface area contributed by atoms with Crippen LogP contribution < -0.4 is 9.47 Å². The average molecular weight is 409 g/mol. The van der Waals surface area contributed by atoms with Gasteiger partial charge in [-0.3, -0.25) is 0 Å². The zero-order valence-electron chi connectivity index (χ0n) is 13.6. The SMILES string of the molecule is COC(=O)C(C)Oc1ccc(Oc2ccc(C(F)(F)F)cc2Cl)cc1Cl. The lowest BCUT2D eigenvalue weighted by Gasteiger charge is -2.15. The maximum atomic E-state index is 12.6. The molecule has 9 heteroatoms. The van der Waals surface area contributed by atoms with Crippen LogP contribution in [0.25, 0.3) is 0 Å². The molecule has 2 rings (SSSR count). The van der Waals surface area contributed by atoms with Gasteiger partial charge in [-0.05, 0) is 37.3 Å². The van der Waals surface area contributed by atoms with Crippen LogP contribution in [-0.4, -0.2) is 19.2 Å². The van der Waals surface area contributed by atoms with E-state index in [9.17, 15) is 18.0 Å². The number of halogens is 5. The molecule has 0 saturated carbocycles. The summed E-state index contributed by atoms with van der Waals surface area (Å²) in [7, 11) is 1.23. The molecule has 0 aliphatic rings. The van der Waals surface area contributed by atoms with Crippen molar-refractivity contribution >= 4 is 29.2 Å². The smallest absolute Gasteiger partial charge is 0.416 e. The third-order valence-electron chi connectivity index (χ3n) is 3.23. The van der Waals surface area contributed by atoms with Crippen LogP contribution in [0.2, 0.25) is 10.0 Å². The van der Waals surface area contributed by atoms with Crippen molar-refractivity contribution in [3.8, 4) is 17.2 Å². The van der Waals surface area contributed by atoms with Crippen LogP contribution in [0.5, 0.6) is 17.2 Å². The van der Waals surface area contributed by atoms with Gasteiger partial charge in [0.15, 0.2) is 6.10 Å². The summed E-state index contributed by atoms with van der Waals surface area (Å²) in [5.41, 5.74) is -0.881. The highest BCUT2D eigenvalue weighted by atomic mass is 35.5. The molecule has 0 radical (unpaired) electrons. The summed E-state index contributed by atoms with van der Waals surface area (Å²) in [4.78, 5) is 11.4. The van der Waals surface area contributed by atoms with Crippen molar-refractivity contribution in [2.45, 2.75) is 19.2 Å². The van der Waals surface area contributed by atoms with Crippen LogP contribution >= 0.6 is 23.2 Å². The molecule has 0 bridgehead atoms. The molecule has 1 atom stereocenters. The summed E-state index contributed by atoms with van der Waals surface area (Å²) in [5.74, 6) is -0.0876. The molecule has 0 amide bonds. The fourth-order valence-electron chi connectivity index (χ4n) is 1.93. The van der Waals surface area contributed by atoms with Crippen molar-refractivity contribution in [3.05, 3.63) is 52.0 Å². The highest BCUT2D eigenvalue weighted by Crippen LogP contribution is 2.38. The molecular formula is C17H13Cl2F3O4. The Morgan fingerprint density at radius 2 is 1.65 bits per heavy atom. The second-order valence-electron chi connectivity index (χ2n) is 5.12. The quantitative estimate of drug-likeness (QED) is 0.591. The first kappa shape index (κ1) is 20.2. The summed E-state index contributed by atoms with van der Waals surface area (Å²) >= 11 is 11.9. The molecule has 26 heavy (non-hydrogen) atoms. The highest BCUT2D eigenvalue weighted by molar-refractivity contribution is 6.32. The lowest BCUT2D eigenvalue weighted by Crippen LogP contribution is -2.24. The van der Waals surface area contributed by atoms with Crippen LogP contribution in [0.4, 0.5) is 13.2 Å². The van der Waals surface area contributed by atoms with Gasteiger partial charge in [-0.25, -0.2) is 4.79 Å². The van der Waals surface area contributed by atoms with Crippen molar-refractivity contribution in [2.75, 3.05) is 7.11 Å². The molecular weight excluding hydrogens is 396 g/mol. The van der Waals surface area contributed by atoms with Gasteiger partial charge < -0.3 is 14.2 Å². The van der Waals surface area contributed by atoms with Crippen molar-refractivity contribution in [1.29, 1.82) is 0 Å². The molecule has 2 aromatic carbocycles. The van der Waals surface area contributed by atoms with Crippen LogP contribution in [0.1, 0.15) is 12.5 Å². The Kier molecular flexibility index (Phi) is 6.26. The molecule has 140 valence electrons. The largest absolute Gasteiger partial charge is 0.477 e. The normalized spacial score (nSPS) is 12.4. The molecule has 0 spiro atoms. The number of rotatable bonds is 5. The predicted molar refractivity (Wildman–Crippen MR) is 90.1 cm³/mol. The first-order chi connectivity index (χ1) is 12.1. The Hall–Kier alpha value is -2.12. The van der Waals surface area contributed by atoms with E-state index in [1.807, 2.05) is 0 Å². The number of carbonyl (C=O) groups is 1. The van der Waals surface area contributed by atoms with E-state index in [2.05, 4.69) is 4.74 Å². The Balaban J connectivity index is 2.16. The number of esters is 1. The summed E-state index contributed by atoms with van der Waals surface area (Å²) in [6.07, 6.45) is -5.37. The van der Waals surface area contributed by atoms with E-state index in [1.54, 1.807) is 0 Å². The lowest BCUT2D eigenvalue weighted by atomic mass is 10.2. The van der Waals surface area contributed by atoms with Crippen molar-refractivity contribution in [2.24, 2.45) is 0 Å². The molecule has 0 N–H and O–H groups in total. The number of methoxy groups -OCH3 is 1. The molecule has 1 unspecified atom stereocenters. The first-order valence-electron chi connectivity index (χ1n) is 7.20. The van der Waals surface area contributed by atoms with E-state index in [0.717, 1.165) is 18.2 Å². The van der Waals surface area contributed by atoms with Gasteiger partial charge in [-0.2, -0.15) is 13.2 Å². The van der Waals surface area contributed by atoms with E-state index >= 15 is 0 Å². The zero-order valence-corrected chi connectivity index (χ0v) is 15.1. The maximum absolute atomic E-state index is 12.6. The molecule has 2 aromatic rings. The molecule has 0 aromatic heterocycles. The summed E-state index contributed by atoms with van der Waals surface area (Å²) in [6.45, 7) is 1.49. The highest BCUT2D eigenvalue weighted by Gasteiger charge is 2.31. The Morgan fingerprint density at radius 3 is 2.19 bits per heavy atom. The van der Waals surface area contributed by atoms with E-state index in [-0.39, 0.29) is 27.3 Å². The van der Waals surface area contributed by atoms with Gasteiger partial charge in [-0.15, -0.1) is 0 Å². The Bertz CT molecular complexity index is 809. The van der Waals surface area contributed by atoms with E-state index in [1.165, 1.54) is 32.2 Å². The van der Waals surface area contributed by atoms with Gasteiger partial charge in [0.1, 0.15) is 17.2 Å². The topological polar surface area (TPSA) is 44.8 Å². The third kappa shape index (κ3) is 4.95. The zero-order chi connectivity index (χ0) is 19.5. The summed E-state index contributed by atoms with van der Waals surface area (Å²) < 4.78 is 53.3. The molecule has 4 nitrogen and oxygen atoms in total. The third-order valence-corrected chi connectivity index (χ3v) is 3.82. The summed E-state index contributed by atoms with van der Waals surface area (Å²) in [5, 5.41) is -0.0584. The van der Waals surface area contributed by atoms with Crippen molar-refractivity contribution in [1.82, 2.24) is 0 Å². The van der Waals surface area contributed by atoms with Crippen molar-refractivity contribution in [3.63, 3.8) is 0 Å². The fourth-order valence-corrected chi connectivity index (χ4v) is 2.37. The molecule has 0 fully saturated rings. The number of carbonyl (C=O) groups excluding carboxylic acids is 1. The Labute approximate surface area is 157 Å². The van der Waals surface area contributed by atoms with Gasteiger partial charge >= 0.3 is 12.1 Å². The number of benzene rings is 2. The lowest BCUT2D eigenvalue weighted by molar-refractivity contribution is -0.147. The number of ether oxygens (including phenoxy) is 3. The van der Waals surface area contributed by atoms with Gasteiger partial charge in [-0.1, -0.05) is 23.2 Å². The van der Waals surface area contributed by atoms with E-state index < -0.39 is 23.8 Å². The van der Waals surface area contributed by atoms with Crippen LogP contribution in [0.3, 0.4) is 0 Å². The minimum atomic E-state index is -4.50. The van der Waals surface area contributed by atoms with Gasteiger partial charge in [0.2, 0.25) is 0 Å². The standard InChI is InChI=1S/C17H13Cl2F3O4/c1-9(16(23)24-2)25-14-6-4-11(8-13(14)19)26-15-5-3-10(7-12(15)18)17(20,21)22/h3-9H,1-2H3. The van der Waals surface area contributed by atoms with Crippen molar-refractivity contribution < 1.29 is 32.2 Å². The van der Waals surface area contributed by atoms with Gasteiger partial charge in [0.25, 0.3) is 0 Å². The average Bonchev–Trinajstić information content (AvgIpc) is 2.57. The van der Waals surface area contributed by atoms with Crippen LogP contribution in [0.15, 0.2) is 36.4 Å². The number of alkyl halides is 3. The Morgan fingerprint density at radius 1 is 1.04 bits per heavy atom. The van der Waals surface area contributed by atoms with E-state index in [4.69, 9.17) is 32.7 Å². The first-order valence-corrected chi connectivity index (χ1v) is 7.96. The second kappa shape index (κ2) is 8.05. The maximum Gasteiger partial charge on any atom is 0.416 e. The van der Waals surface area contributed by atoms with E-state index in [0.29, 0.717) is 0 Å². The monoisotopic (exact) mass is 408 g/mol. The van der Waals surface area contributed by atoms with Gasteiger partial charge in [0, 0.05) is 6.07 Å².